The summed E-state index contributed by atoms with van der Waals surface area (Å²) in [6.45, 7) is 6.66. The number of hydrogen-bond donors (Lipinski definition) is 0. The van der Waals surface area contributed by atoms with Gasteiger partial charge in [-0.1, -0.05) is 327 Å². The van der Waals surface area contributed by atoms with Crippen molar-refractivity contribution >= 4 is 17.9 Å². The first-order valence-electron chi connectivity index (χ1n) is 35.0. The Labute approximate surface area is 486 Å². The maximum absolute atomic E-state index is 12.9. The average Bonchev–Trinajstić information content (AvgIpc) is 3.44. The van der Waals surface area contributed by atoms with Gasteiger partial charge in [0.05, 0.1) is 0 Å². The molecular weight excluding hydrogens is 961 g/mol. The number of ether oxygens (including phenoxy) is 3. The van der Waals surface area contributed by atoms with E-state index in [4.69, 9.17) is 14.2 Å². The minimum absolute atomic E-state index is 0.0685. The molecule has 0 aliphatic heterocycles. The lowest BCUT2D eigenvalue weighted by atomic mass is 10.0. The third-order valence-electron chi connectivity index (χ3n) is 15.9. The predicted molar refractivity (Wildman–Crippen MR) is 339 cm³/mol. The first-order valence-corrected chi connectivity index (χ1v) is 35.0. The van der Waals surface area contributed by atoms with E-state index in [0.717, 1.165) is 70.6 Å². The monoisotopic (exact) mass is 1100 g/mol. The zero-order valence-corrected chi connectivity index (χ0v) is 52.7. The molecular formula is C72H134O6. The summed E-state index contributed by atoms with van der Waals surface area (Å²) in [4.78, 5) is 38.3. The van der Waals surface area contributed by atoms with E-state index in [1.165, 1.54) is 276 Å². The molecule has 0 N–H and O–H groups in total. The van der Waals surface area contributed by atoms with Crippen molar-refractivity contribution in [2.24, 2.45) is 0 Å². The van der Waals surface area contributed by atoms with Gasteiger partial charge in [0, 0.05) is 19.3 Å². The van der Waals surface area contributed by atoms with Crippen LogP contribution in [0.25, 0.3) is 0 Å². The molecule has 1 atom stereocenters. The van der Waals surface area contributed by atoms with E-state index >= 15 is 0 Å². The molecule has 0 spiro atoms. The normalized spacial score (nSPS) is 12.2. The zero-order valence-electron chi connectivity index (χ0n) is 52.7. The molecule has 0 aromatic carbocycles. The second-order valence-corrected chi connectivity index (χ2v) is 23.8. The van der Waals surface area contributed by atoms with Crippen molar-refractivity contribution in [2.45, 2.75) is 393 Å². The van der Waals surface area contributed by atoms with Crippen molar-refractivity contribution in [3.63, 3.8) is 0 Å². The SMILES string of the molecule is CCCCC/C=C\CCCCCCCC(=O)OCC(COC(=O)CCCCCCCCCCCCCCCCCCCCCCC/C=C\C/C=C\CCCCCCC)OC(=O)CCCCCCCCCCCCCCCCC. The molecule has 0 aromatic rings. The second kappa shape index (κ2) is 67.1. The van der Waals surface area contributed by atoms with Crippen molar-refractivity contribution in [1.82, 2.24) is 0 Å². The maximum Gasteiger partial charge on any atom is 0.306 e. The van der Waals surface area contributed by atoms with Gasteiger partial charge in [-0.2, -0.15) is 0 Å². The minimum Gasteiger partial charge on any atom is -0.462 e. The van der Waals surface area contributed by atoms with Crippen LogP contribution in [-0.4, -0.2) is 37.2 Å². The Morgan fingerprint density at radius 1 is 0.256 bits per heavy atom. The van der Waals surface area contributed by atoms with E-state index < -0.39 is 6.10 Å². The Morgan fingerprint density at radius 3 is 0.744 bits per heavy atom. The number of hydrogen-bond acceptors (Lipinski definition) is 6. The van der Waals surface area contributed by atoms with Crippen LogP contribution in [0.4, 0.5) is 0 Å². The Morgan fingerprint density at radius 2 is 0.462 bits per heavy atom. The Hall–Kier alpha value is -2.37. The van der Waals surface area contributed by atoms with Gasteiger partial charge >= 0.3 is 17.9 Å². The molecule has 0 aromatic heterocycles. The quantitative estimate of drug-likeness (QED) is 0.0261. The Balaban J connectivity index is 4.06. The lowest BCUT2D eigenvalue weighted by molar-refractivity contribution is -0.167. The van der Waals surface area contributed by atoms with Crippen LogP contribution >= 0.6 is 0 Å². The third kappa shape index (κ3) is 64.5. The van der Waals surface area contributed by atoms with Crippen LogP contribution in [0.15, 0.2) is 36.5 Å². The van der Waals surface area contributed by atoms with Gasteiger partial charge in [0.2, 0.25) is 0 Å². The summed E-state index contributed by atoms with van der Waals surface area (Å²) in [6, 6.07) is 0. The number of unbranched alkanes of at least 4 members (excludes halogenated alkanes) is 48. The van der Waals surface area contributed by atoms with Crippen molar-refractivity contribution in [1.29, 1.82) is 0 Å². The molecule has 6 nitrogen and oxygen atoms in total. The molecule has 0 aliphatic rings. The topological polar surface area (TPSA) is 78.9 Å². The van der Waals surface area contributed by atoms with Gasteiger partial charge in [0.25, 0.3) is 0 Å². The highest BCUT2D eigenvalue weighted by Gasteiger charge is 2.19. The molecule has 458 valence electrons. The number of esters is 3. The smallest absolute Gasteiger partial charge is 0.306 e. The summed E-state index contributed by atoms with van der Waals surface area (Å²) < 4.78 is 16.9. The number of carbonyl (C=O) groups excluding carboxylic acids is 3. The fraction of sp³-hybridized carbons (Fsp3) is 0.875. The predicted octanol–water partition coefficient (Wildman–Crippen LogP) is 23.9. The van der Waals surface area contributed by atoms with E-state index in [-0.39, 0.29) is 31.1 Å². The molecule has 0 rings (SSSR count). The lowest BCUT2D eigenvalue weighted by Gasteiger charge is -2.18. The molecule has 0 bridgehead atoms. The second-order valence-electron chi connectivity index (χ2n) is 23.8. The zero-order chi connectivity index (χ0) is 56.4. The molecule has 0 amide bonds. The minimum atomic E-state index is -0.771. The van der Waals surface area contributed by atoms with Crippen molar-refractivity contribution in [3.8, 4) is 0 Å². The Kier molecular flexibility index (Phi) is 65.1. The molecule has 0 saturated carbocycles. The van der Waals surface area contributed by atoms with Crippen molar-refractivity contribution < 1.29 is 28.6 Å². The summed E-state index contributed by atoms with van der Waals surface area (Å²) in [7, 11) is 0. The fourth-order valence-corrected chi connectivity index (χ4v) is 10.6. The summed E-state index contributed by atoms with van der Waals surface area (Å²) in [6.07, 6.45) is 83.3. The molecule has 1 unspecified atom stereocenters. The average molecular weight is 1100 g/mol. The maximum atomic E-state index is 12.9. The highest BCUT2D eigenvalue weighted by atomic mass is 16.6. The van der Waals surface area contributed by atoms with Crippen LogP contribution in [-0.2, 0) is 28.6 Å². The molecule has 78 heavy (non-hydrogen) atoms. The van der Waals surface area contributed by atoms with E-state index in [9.17, 15) is 14.4 Å². The molecule has 0 aliphatic carbocycles. The lowest BCUT2D eigenvalue weighted by Crippen LogP contribution is -2.30. The standard InChI is InChI=1S/C72H134O6/c1-4-7-10-13-16-19-22-25-27-28-29-30-31-32-33-34-35-36-37-38-39-40-41-42-43-44-46-47-50-53-56-59-62-65-71(74)77-68-69(67-76-70(73)64-61-58-55-52-49-24-21-18-15-12-9-6-3)78-72(75)66-63-60-57-54-51-48-45-26-23-20-17-14-11-8-5-2/h18,21-22,25,28-29,69H,4-17,19-20,23-24,26-27,30-68H2,1-3H3/b21-18-,25-22-,29-28-. The third-order valence-corrected chi connectivity index (χ3v) is 15.9. The van der Waals surface area contributed by atoms with Crippen LogP contribution in [0.3, 0.4) is 0 Å². The van der Waals surface area contributed by atoms with E-state index in [0.29, 0.717) is 19.3 Å². The van der Waals surface area contributed by atoms with Gasteiger partial charge in [-0.05, 0) is 77.0 Å². The van der Waals surface area contributed by atoms with Crippen LogP contribution in [0.1, 0.15) is 387 Å². The van der Waals surface area contributed by atoms with Crippen LogP contribution < -0.4 is 0 Å². The molecule has 0 radical (unpaired) electrons. The van der Waals surface area contributed by atoms with Gasteiger partial charge in [-0.3, -0.25) is 14.4 Å². The summed E-state index contributed by atoms with van der Waals surface area (Å²) in [5.41, 5.74) is 0. The first kappa shape index (κ1) is 75.6. The largest absolute Gasteiger partial charge is 0.462 e. The summed E-state index contributed by atoms with van der Waals surface area (Å²) in [5.74, 6) is -0.851. The van der Waals surface area contributed by atoms with Crippen molar-refractivity contribution in [3.05, 3.63) is 36.5 Å². The van der Waals surface area contributed by atoms with E-state index in [1.807, 2.05) is 0 Å². The summed E-state index contributed by atoms with van der Waals surface area (Å²) >= 11 is 0. The Bertz CT molecular complexity index is 1300. The van der Waals surface area contributed by atoms with E-state index in [1.54, 1.807) is 0 Å². The molecule has 0 fully saturated rings. The van der Waals surface area contributed by atoms with Gasteiger partial charge in [0.1, 0.15) is 13.2 Å². The molecule has 6 heteroatoms. The first-order chi connectivity index (χ1) is 38.5. The summed E-state index contributed by atoms with van der Waals surface area (Å²) in [5, 5.41) is 0. The molecule has 0 heterocycles. The molecule has 0 saturated heterocycles. The fourth-order valence-electron chi connectivity index (χ4n) is 10.6. The number of rotatable bonds is 65. The number of allylic oxidation sites excluding steroid dienone is 6. The van der Waals surface area contributed by atoms with Crippen LogP contribution in [0, 0.1) is 0 Å². The highest BCUT2D eigenvalue weighted by molar-refractivity contribution is 5.71. The van der Waals surface area contributed by atoms with Gasteiger partial charge in [-0.25, -0.2) is 0 Å². The van der Waals surface area contributed by atoms with E-state index in [2.05, 4.69) is 57.2 Å². The van der Waals surface area contributed by atoms with Crippen LogP contribution in [0.5, 0.6) is 0 Å². The van der Waals surface area contributed by atoms with Gasteiger partial charge < -0.3 is 14.2 Å². The number of carbonyl (C=O) groups is 3. The van der Waals surface area contributed by atoms with Crippen molar-refractivity contribution in [2.75, 3.05) is 13.2 Å². The highest BCUT2D eigenvalue weighted by Crippen LogP contribution is 2.18. The van der Waals surface area contributed by atoms with Gasteiger partial charge in [-0.15, -0.1) is 0 Å². The van der Waals surface area contributed by atoms with Crippen LogP contribution in [0.2, 0.25) is 0 Å². The van der Waals surface area contributed by atoms with Gasteiger partial charge in [0.15, 0.2) is 6.10 Å².